The van der Waals surface area contributed by atoms with Crippen LogP contribution in [0, 0.1) is 11.7 Å². The Labute approximate surface area is 138 Å². The Morgan fingerprint density at radius 1 is 0.957 bits per heavy atom. The first kappa shape index (κ1) is 14.0. The van der Waals surface area contributed by atoms with Crippen LogP contribution in [0.15, 0.2) is 36.5 Å². The molecule has 2 N–H and O–H groups in total. The molecule has 0 bridgehead atoms. The van der Waals surface area contributed by atoms with Crippen molar-refractivity contribution < 1.29 is 9.47 Å². The Kier molecular flexibility index (Phi) is 3.38. The number of aromatic nitrogens is 3. The van der Waals surface area contributed by atoms with Gasteiger partial charge in [0.2, 0.25) is 0 Å². The molecular weight excluding hydrogens is 310 g/mol. The van der Waals surface area contributed by atoms with Gasteiger partial charge in [-0.2, -0.15) is 0 Å². The van der Waals surface area contributed by atoms with E-state index in [1.807, 2.05) is 37.3 Å². The van der Waals surface area contributed by atoms with E-state index in [4.69, 9.17) is 21.7 Å². The molecule has 0 atom stereocenters. The first-order chi connectivity index (χ1) is 11.2. The predicted molar refractivity (Wildman–Crippen MR) is 90.4 cm³/mol. The number of benzene rings is 1. The Hall–Kier alpha value is -2.60. The molecule has 23 heavy (non-hydrogen) atoms. The van der Waals surface area contributed by atoms with Gasteiger partial charge in [-0.15, -0.1) is 0 Å². The number of fused-ring (bicyclic) bond motifs is 1. The van der Waals surface area contributed by atoms with E-state index in [-0.39, 0.29) is 0 Å². The van der Waals surface area contributed by atoms with E-state index in [1.165, 1.54) is 0 Å². The fourth-order valence-corrected chi connectivity index (χ4v) is 2.92. The number of imidazole rings is 1. The van der Waals surface area contributed by atoms with Crippen LogP contribution in [0.1, 0.15) is 5.69 Å². The molecule has 0 saturated heterocycles. The number of rotatable bonds is 2. The molecular formula is C17H15N3O2S. The largest absolute Gasteiger partial charge is 0.486 e. The summed E-state index contributed by atoms with van der Waals surface area (Å²) in [4.78, 5) is 10.7. The normalized spacial score (nSPS) is 13.1. The number of aryl methyl sites for hydroxylation is 1. The summed E-state index contributed by atoms with van der Waals surface area (Å²) in [6, 6.07) is 9.88. The van der Waals surface area contributed by atoms with E-state index in [1.54, 1.807) is 6.20 Å². The highest BCUT2D eigenvalue weighted by Crippen LogP contribution is 2.37. The molecule has 0 aliphatic carbocycles. The summed E-state index contributed by atoms with van der Waals surface area (Å²) in [5, 5.41) is 0. The van der Waals surface area contributed by atoms with Crippen molar-refractivity contribution in [2.24, 2.45) is 0 Å². The molecule has 2 aromatic heterocycles. The van der Waals surface area contributed by atoms with Gasteiger partial charge < -0.3 is 19.4 Å². The molecule has 3 aromatic rings. The van der Waals surface area contributed by atoms with Gasteiger partial charge in [-0.25, -0.2) is 0 Å². The van der Waals surface area contributed by atoms with E-state index in [9.17, 15) is 0 Å². The second-order valence-electron chi connectivity index (χ2n) is 5.37. The summed E-state index contributed by atoms with van der Waals surface area (Å²) in [6.07, 6.45) is 1.79. The maximum Gasteiger partial charge on any atom is 0.175 e. The molecule has 0 unspecified atom stereocenters. The zero-order valence-electron chi connectivity index (χ0n) is 12.6. The van der Waals surface area contributed by atoms with E-state index in [2.05, 4.69) is 15.0 Å². The Balaban J connectivity index is 1.85. The van der Waals surface area contributed by atoms with Crippen LogP contribution in [-0.2, 0) is 0 Å². The van der Waals surface area contributed by atoms with Gasteiger partial charge in [-0.05, 0) is 49.5 Å². The summed E-state index contributed by atoms with van der Waals surface area (Å²) in [5.74, 6) is 1.53. The first-order valence-electron chi connectivity index (χ1n) is 7.36. The highest BCUT2D eigenvalue weighted by molar-refractivity contribution is 7.71. The molecule has 6 heteroatoms. The molecule has 116 valence electrons. The Morgan fingerprint density at radius 2 is 1.65 bits per heavy atom. The van der Waals surface area contributed by atoms with Gasteiger partial charge in [0.1, 0.15) is 13.2 Å². The lowest BCUT2D eigenvalue weighted by Gasteiger charge is -2.18. The third-order valence-electron chi connectivity index (χ3n) is 3.74. The van der Waals surface area contributed by atoms with Crippen molar-refractivity contribution in [1.29, 1.82) is 0 Å². The third-order valence-corrected chi connectivity index (χ3v) is 3.95. The van der Waals surface area contributed by atoms with Gasteiger partial charge in [0.15, 0.2) is 16.3 Å². The van der Waals surface area contributed by atoms with Crippen LogP contribution < -0.4 is 9.47 Å². The van der Waals surface area contributed by atoms with Crippen molar-refractivity contribution in [3.63, 3.8) is 0 Å². The Morgan fingerprint density at radius 3 is 2.39 bits per heavy atom. The lowest BCUT2D eigenvalue weighted by atomic mass is 10.0. The monoisotopic (exact) mass is 325 g/mol. The fraction of sp³-hybridized carbons (Fsp3) is 0.176. The molecule has 0 radical (unpaired) electrons. The molecule has 0 fully saturated rings. The van der Waals surface area contributed by atoms with Crippen molar-refractivity contribution in [1.82, 2.24) is 15.0 Å². The number of hydrogen-bond donors (Lipinski definition) is 2. The van der Waals surface area contributed by atoms with E-state index in [0.717, 1.165) is 39.7 Å². The van der Waals surface area contributed by atoms with Crippen LogP contribution >= 0.6 is 12.2 Å². The fourth-order valence-electron chi connectivity index (χ4n) is 2.72. The number of H-pyrrole nitrogens is 2. The summed E-state index contributed by atoms with van der Waals surface area (Å²) in [6.45, 7) is 3.12. The van der Waals surface area contributed by atoms with E-state index in [0.29, 0.717) is 18.0 Å². The van der Waals surface area contributed by atoms with Crippen LogP contribution in [0.2, 0.25) is 0 Å². The van der Waals surface area contributed by atoms with Crippen molar-refractivity contribution in [2.45, 2.75) is 6.92 Å². The number of pyridine rings is 1. The molecule has 3 heterocycles. The number of ether oxygens (including phenoxy) is 2. The average Bonchev–Trinajstić information content (AvgIpc) is 2.96. The molecule has 0 saturated carbocycles. The average molecular weight is 325 g/mol. The third kappa shape index (κ3) is 2.61. The Bertz CT molecular complexity index is 930. The molecule has 1 aliphatic rings. The minimum absolute atomic E-state index is 0.565. The highest BCUT2D eigenvalue weighted by atomic mass is 32.1. The maximum absolute atomic E-state index is 5.67. The van der Waals surface area contributed by atoms with Crippen LogP contribution in [0.4, 0.5) is 0 Å². The quantitative estimate of drug-likeness (QED) is 0.702. The second-order valence-corrected chi connectivity index (χ2v) is 5.78. The van der Waals surface area contributed by atoms with Crippen molar-refractivity contribution in [3.05, 3.63) is 47.0 Å². The molecule has 4 rings (SSSR count). The summed E-state index contributed by atoms with van der Waals surface area (Å²) < 4.78 is 11.8. The van der Waals surface area contributed by atoms with Gasteiger partial charge >= 0.3 is 0 Å². The number of nitrogens with one attached hydrogen (secondary N) is 2. The van der Waals surface area contributed by atoms with Gasteiger partial charge in [0.25, 0.3) is 0 Å². The van der Waals surface area contributed by atoms with Crippen LogP contribution in [0.25, 0.3) is 22.5 Å². The van der Waals surface area contributed by atoms with Crippen molar-refractivity contribution in [3.8, 4) is 34.0 Å². The van der Waals surface area contributed by atoms with Gasteiger partial charge in [0, 0.05) is 23.0 Å². The summed E-state index contributed by atoms with van der Waals surface area (Å²) in [7, 11) is 0. The topological polar surface area (TPSA) is 62.9 Å². The molecule has 0 amide bonds. The van der Waals surface area contributed by atoms with Gasteiger partial charge in [-0.3, -0.25) is 4.98 Å². The zero-order chi connectivity index (χ0) is 15.8. The van der Waals surface area contributed by atoms with Crippen molar-refractivity contribution >= 4 is 12.2 Å². The number of aromatic amines is 2. The molecule has 1 aliphatic heterocycles. The number of hydrogen-bond acceptors (Lipinski definition) is 4. The minimum atomic E-state index is 0.565. The van der Waals surface area contributed by atoms with E-state index < -0.39 is 0 Å². The lowest BCUT2D eigenvalue weighted by Crippen LogP contribution is -2.15. The zero-order valence-corrected chi connectivity index (χ0v) is 13.4. The minimum Gasteiger partial charge on any atom is -0.486 e. The van der Waals surface area contributed by atoms with Crippen molar-refractivity contribution in [2.75, 3.05) is 13.2 Å². The standard InChI is InChI=1S/C17H15N3O2S/c1-10-8-12(4-5-18-10)16-15(19-17(23)20-16)11-2-3-13-14(9-11)22-7-6-21-13/h2-5,8-9H,6-7H2,1H3,(H2,19,20,23). The van der Waals surface area contributed by atoms with Crippen LogP contribution in [0.3, 0.4) is 0 Å². The van der Waals surface area contributed by atoms with Crippen LogP contribution in [-0.4, -0.2) is 28.2 Å². The lowest BCUT2D eigenvalue weighted by molar-refractivity contribution is 0.171. The number of nitrogens with zero attached hydrogens (tertiary/aromatic N) is 1. The first-order valence-corrected chi connectivity index (χ1v) is 7.77. The van der Waals surface area contributed by atoms with Gasteiger partial charge in [-0.1, -0.05) is 0 Å². The summed E-state index contributed by atoms with van der Waals surface area (Å²) in [5.41, 5.74) is 4.85. The SMILES string of the molecule is Cc1cc(-c2[nH]c(=S)[nH]c2-c2ccc3c(c2)OCCO3)ccn1. The summed E-state index contributed by atoms with van der Waals surface area (Å²) >= 11 is 5.29. The van der Waals surface area contributed by atoms with Crippen LogP contribution in [0.5, 0.6) is 11.5 Å². The van der Waals surface area contributed by atoms with E-state index >= 15 is 0 Å². The molecule has 5 nitrogen and oxygen atoms in total. The maximum atomic E-state index is 5.67. The molecule has 0 spiro atoms. The predicted octanol–water partition coefficient (Wildman–Crippen LogP) is 3.88. The molecule has 1 aromatic carbocycles. The smallest absolute Gasteiger partial charge is 0.175 e. The van der Waals surface area contributed by atoms with Gasteiger partial charge in [0.05, 0.1) is 11.4 Å². The second kappa shape index (κ2) is 5.55. The highest BCUT2D eigenvalue weighted by Gasteiger charge is 2.16.